The fraction of sp³-hybridized carbons (Fsp3) is 1.00. The Balaban J connectivity index is 1.78. The molecule has 0 amide bonds. The molecule has 0 bridgehead atoms. The van der Waals surface area contributed by atoms with Crippen LogP contribution in [0.15, 0.2) is 0 Å². The Kier molecular flexibility index (Phi) is 4.83. The molecule has 2 N–H and O–H groups in total. The van der Waals surface area contributed by atoms with Crippen LogP contribution in [-0.4, -0.2) is 36.5 Å². The van der Waals surface area contributed by atoms with Crippen LogP contribution in [0, 0.1) is 5.92 Å². The molecule has 1 atom stereocenters. The summed E-state index contributed by atoms with van der Waals surface area (Å²) in [5.74, 6) is 0.822. The summed E-state index contributed by atoms with van der Waals surface area (Å²) in [6.07, 6.45) is 8.72. The average Bonchev–Trinajstić information content (AvgIpc) is 2.40. The summed E-state index contributed by atoms with van der Waals surface area (Å²) in [5, 5.41) is 13.3. The minimum Gasteiger partial charge on any atom is -0.394 e. The molecule has 1 aliphatic heterocycles. The zero-order valence-electron chi connectivity index (χ0n) is 11.1. The summed E-state index contributed by atoms with van der Waals surface area (Å²) in [6, 6.07) is 0. The Morgan fingerprint density at radius 2 is 2.00 bits per heavy atom. The van der Waals surface area contributed by atoms with Gasteiger partial charge in [0.15, 0.2) is 0 Å². The molecule has 0 aromatic rings. The van der Waals surface area contributed by atoms with Crippen molar-refractivity contribution < 1.29 is 9.84 Å². The van der Waals surface area contributed by atoms with Gasteiger partial charge in [-0.15, -0.1) is 0 Å². The van der Waals surface area contributed by atoms with Crippen molar-refractivity contribution in [1.82, 2.24) is 5.32 Å². The van der Waals surface area contributed by atoms with Crippen LogP contribution >= 0.6 is 0 Å². The van der Waals surface area contributed by atoms with Gasteiger partial charge in [-0.1, -0.05) is 6.92 Å². The fourth-order valence-electron chi connectivity index (χ4n) is 3.00. The van der Waals surface area contributed by atoms with Crippen LogP contribution in [0.25, 0.3) is 0 Å². The lowest BCUT2D eigenvalue weighted by molar-refractivity contribution is 0.00416. The number of hydrogen-bond donors (Lipinski definition) is 2. The van der Waals surface area contributed by atoms with Gasteiger partial charge in [-0.2, -0.15) is 0 Å². The standard InChI is InChI=1S/C14H27NO2/c1-12-5-7-14(11-16,8-6-12)15-10-13-4-2-3-9-17-13/h12-13,15-16H,2-11H2,1H3. The van der Waals surface area contributed by atoms with Crippen molar-refractivity contribution in [1.29, 1.82) is 0 Å². The highest BCUT2D eigenvalue weighted by molar-refractivity contribution is 4.92. The van der Waals surface area contributed by atoms with E-state index in [0.29, 0.717) is 6.10 Å². The third kappa shape index (κ3) is 3.67. The topological polar surface area (TPSA) is 41.5 Å². The van der Waals surface area contributed by atoms with E-state index in [0.717, 1.165) is 31.9 Å². The first-order valence-electron chi connectivity index (χ1n) is 7.22. The maximum Gasteiger partial charge on any atom is 0.0699 e. The van der Waals surface area contributed by atoms with Crippen LogP contribution in [0.2, 0.25) is 0 Å². The maximum absolute atomic E-state index is 9.65. The van der Waals surface area contributed by atoms with Gasteiger partial charge in [-0.25, -0.2) is 0 Å². The van der Waals surface area contributed by atoms with Crippen molar-refractivity contribution in [2.75, 3.05) is 19.8 Å². The maximum atomic E-state index is 9.65. The lowest BCUT2D eigenvalue weighted by Gasteiger charge is -2.40. The molecule has 1 saturated carbocycles. The van der Waals surface area contributed by atoms with Crippen molar-refractivity contribution in [3.05, 3.63) is 0 Å². The summed E-state index contributed by atoms with van der Waals surface area (Å²) in [6.45, 7) is 4.41. The predicted octanol–water partition coefficient (Wildman–Crippen LogP) is 2.09. The van der Waals surface area contributed by atoms with Crippen LogP contribution in [-0.2, 0) is 4.74 Å². The Labute approximate surface area is 105 Å². The zero-order valence-corrected chi connectivity index (χ0v) is 11.1. The Morgan fingerprint density at radius 3 is 2.59 bits per heavy atom. The van der Waals surface area contributed by atoms with E-state index in [1.54, 1.807) is 0 Å². The van der Waals surface area contributed by atoms with Gasteiger partial charge in [0.25, 0.3) is 0 Å². The molecule has 3 heteroatoms. The van der Waals surface area contributed by atoms with E-state index in [2.05, 4.69) is 12.2 Å². The minimum absolute atomic E-state index is 0.0205. The highest BCUT2D eigenvalue weighted by Crippen LogP contribution is 2.31. The molecule has 2 aliphatic rings. The second kappa shape index (κ2) is 6.17. The molecule has 0 aromatic heterocycles. The molecule has 0 aromatic carbocycles. The van der Waals surface area contributed by atoms with Crippen molar-refractivity contribution in [2.24, 2.45) is 5.92 Å². The van der Waals surface area contributed by atoms with Gasteiger partial charge in [0.2, 0.25) is 0 Å². The van der Waals surface area contributed by atoms with Crippen LogP contribution in [0.1, 0.15) is 51.9 Å². The van der Waals surface area contributed by atoms with Crippen molar-refractivity contribution in [3.8, 4) is 0 Å². The molecule has 0 radical (unpaired) electrons. The number of aliphatic hydroxyl groups is 1. The molecule has 1 saturated heterocycles. The van der Waals surface area contributed by atoms with E-state index in [9.17, 15) is 5.11 Å². The monoisotopic (exact) mass is 241 g/mol. The van der Waals surface area contributed by atoms with Crippen molar-refractivity contribution >= 4 is 0 Å². The van der Waals surface area contributed by atoms with Crippen molar-refractivity contribution in [2.45, 2.75) is 63.5 Å². The SMILES string of the molecule is CC1CCC(CO)(NCC2CCCCO2)CC1. The Hall–Kier alpha value is -0.120. The Morgan fingerprint density at radius 1 is 1.24 bits per heavy atom. The lowest BCUT2D eigenvalue weighted by Crippen LogP contribution is -2.53. The number of aliphatic hydroxyl groups excluding tert-OH is 1. The molecule has 0 spiro atoms. The van der Waals surface area contributed by atoms with E-state index in [-0.39, 0.29) is 12.1 Å². The molecule has 2 rings (SSSR count). The average molecular weight is 241 g/mol. The number of ether oxygens (including phenoxy) is 1. The predicted molar refractivity (Wildman–Crippen MR) is 69.0 cm³/mol. The van der Waals surface area contributed by atoms with Crippen LogP contribution in [0.3, 0.4) is 0 Å². The van der Waals surface area contributed by atoms with Gasteiger partial charge in [-0.05, 0) is 50.9 Å². The van der Waals surface area contributed by atoms with Crippen LogP contribution < -0.4 is 5.32 Å². The highest BCUT2D eigenvalue weighted by atomic mass is 16.5. The highest BCUT2D eigenvalue weighted by Gasteiger charge is 2.33. The summed E-state index contributed by atoms with van der Waals surface area (Å²) in [7, 11) is 0. The van der Waals surface area contributed by atoms with E-state index in [1.807, 2.05) is 0 Å². The van der Waals surface area contributed by atoms with E-state index >= 15 is 0 Å². The van der Waals surface area contributed by atoms with Gasteiger partial charge in [-0.3, -0.25) is 0 Å². The summed E-state index contributed by atoms with van der Waals surface area (Å²) in [4.78, 5) is 0. The molecule has 2 fully saturated rings. The summed E-state index contributed by atoms with van der Waals surface area (Å²) >= 11 is 0. The first-order valence-corrected chi connectivity index (χ1v) is 7.22. The molecule has 100 valence electrons. The summed E-state index contributed by atoms with van der Waals surface area (Å²) in [5.41, 5.74) is -0.0205. The van der Waals surface area contributed by atoms with Gasteiger partial charge >= 0.3 is 0 Å². The van der Waals surface area contributed by atoms with E-state index < -0.39 is 0 Å². The molecular weight excluding hydrogens is 214 g/mol. The fourth-order valence-corrected chi connectivity index (χ4v) is 3.00. The lowest BCUT2D eigenvalue weighted by atomic mass is 9.77. The van der Waals surface area contributed by atoms with Gasteiger partial charge in [0, 0.05) is 18.7 Å². The number of nitrogens with one attached hydrogen (secondary N) is 1. The second-order valence-electron chi connectivity index (χ2n) is 5.99. The molecule has 1 unspecified atom stereocenters. The molecule has 17 heavy (non-hydrogen) atoms. The molecular formula is C14H27NO2. The normalized spacial score (nSPS) is 39.2. The van der Waals surface area contributed by atoms with Gasteiger partial charge in [0.05, 0.1) is 12.7 Å². The second-order valence-corrected chi connectivity index (χ2v) is 5.99. The third-order valence-electron chi connectivity index (χ3n) is 4.51. The van der Waals surface area contributed by atoms with Crippen LogP contribution in [0.4, 0.5) is 0 Å². The van der Waals surface area contributed by atoms with Gasteiger partial charge in [0.1, 0.15) is 0 Å². The molecule has 1 heterocycles. The van der Waals surface area contributed by atoms with E-state index in [4.69, 9.17) is 4.74 Å². The number of rotatable bonds is 4. The first kappa shape index (κ1) is 13.3. The van der Waals surface area contributed by atoms with Crippen LogP contribution in [0.5, 0.6) is 0 Å². The summed E-state index contributed by atoms with van der Waals surface area (Å²) < 4.78 is 5.74. The molecule has 1 aliphatic carbocycles. The number of hydrogen-bond acceptors (Lipinski definition) is 3. The Bertz CT molecular complexity index is 218. The zero-order chi connectivity index (χ0) is 12.1. The van der Waals surface area contributed by atoms with Gasteiger partial charge < -0.3 is 15.2 Å². The largest absolute Gasteiger partial charge is 0.394 e. The van der Waals surface area contributed by atoms with E-state index in [1.165, 1.54) is 32.1 Å². The smallest absolute Gasteiger partial charge is 0.0699 e. The minimum atomic E-state index is -0.0205. The quantitative estimate of drug-likeness (QED) is 0.792. The third-order valence-corrected chi connectivity index (χ3v) is 4.51. The molecule has 3 nitrogen and oxygen atoms in total. The van der Waals surface area contributed by atoms with Crippen molar-refractivity contribution in [3.63, 3.8) is 0 Å². The first-order chi connectivity index (χ1) is 8.24.